The van der Waals surface area contributed by atoms with Gasteiger partial charge in [0.05, 0.1) is 37.7 Å². The first-order chi connectivity index (χ1) is 18.9. The van der Waals surface area contributed by atoms with Crippen LogP contribution in [-0.2, 0) is 14.3 Å². The number of fused-ring (bicyclic) bond motifs is 1. The molecule has 2 amide bonds. The number of nitrogens with two attached hydrogens (primary N) is 1. The SMILES string of the molecule is Cc1cc(C)n2ccc(C(=O)Nc3ccc(/C(N)=C/NCCOCCOCCC(=O)NC4CCC4)cc3)c2n1. The van der Waals surface area contributed by atoms with Crippen LogP contribution >= 0.6 is 0 Å². The number of carbonyl (C=O) groups excluding carboxylic acids is 2. The second kappa shape index (κ2) is 13.8. The summed E-state index contributed by atoms with van der Waals surface area (Å²) in [6, 6.07) is 11.5. The summed E-state index contributed by atoms with van der Waals surface area (Å²) >= 11 is 0. The molecule has 0 spiro atoms. The van der Waals surface area contributed by atoms with E-state index in [0.29, 0.717) is 68.0 Å². The first-order valence-electron chi connectivity index (χ1n) is 13.4. The highest BCUT2D eigenvalue weighted by molar-refractivity contribution is 6.08. The van der Waals surface area contributed by atoms with Gasteiger partial charge in [0, 0.05) is 48.5 Å². The molecule has 1 aliphatic carbocycles. The lowest BCUT2D eigenvalue weighted by atomic mass is 9.93. The molecule has 3 aromatic rings. The highest BCUT2D eigenvalue weighted by Crippen LogP contribution is 2.19. The van der Waals surface area contributed by atoms with Gasteiger partial charge in [-0.05, 0) is 62.9 Å². The van der Waals surface area contributed by atoms with Crippen molar-refractivity contribution in [3.05, 3.63) is 71.3 Å². The van der Waals surface area contributed by atoms with Crippen molar-refractivity contribution in [2.24, 2.45) is 5.73 Å². The van der Waals surface area contributed by atoms with E-state index in [4.69, 9.17) is 15.2 Å². The third-order valence-electron chi connectivity index (χ3n) is 6.62. The highest BCUT2D eigenvalue weighted by atomic mass is 16.5. The Morgan fingerprint density at radius 3 is 2.54 bits per heavy atom. The molecule has 2 heterocycles. The molecular weight excluding hydrogens is 496 g/mol. The van der Waals surface area contributed by atoms with Gasteiger partial charge in [-0.25, -0.2) is 4.98 Å². The number of amides is 2. The number of nitrogens with zero attached hydrogens (tertiary/aromatic N) is 2. The zero-order chi connectivity index (χ0) is 27.6. The minimum atomic E-state index is -0.215. The van der Waals surface area contributed by atoms with E-state index in [9.17, 15) is 9.59 Å². The molecule has 1 aliphatic rings. The maximum atomic E-state index is 12.9. The van der Waals surface area contributed by atoms with Crippen LogP contribution in [-0.4, -0.2) is 60.2 Å². The zero-order valence-corrected chi connectivity index (χ0v) is 22.7. The molecule has 0 radical (unpaired) electrons. The van der Waals surface area contributed by atoms with E-state index in [2.05, 4.69) is 20.9 Å². The van der Waals surface area contributed by atoms with Crippen LogP contribution in [0.2, 0.25) is 0 Å². The van der Waals surface area contributed by atoms with Crippen LogP contribution in [0, 0.1) is 13.8 Å². The molecule has 10 heteroatoms. The van der Waals surface area contributed by atoms with Crippen LogP contribution in [0.4, 0.5) is 5.69 Å². The Balaban J connectivity index is 1.12. The zero-order valence-electron chi connectivity index (χ0n) is 22.7. The molecule has 1 fully saturated rings. The number of benzene rings is 1. The first kappa shape index (κ1) is 28.1. The minimum absolute atomic E-state index is 0.0575. The summed E-state index contributed by atoms with van der Waals surface area (Å²) < 4.78 is 12.9. The number of aromatic nitrogens is 2. The summed E-state index contributed by atoms with van der Waals surface area (Å²) in [5.74, 6) is -0.158. The van der Waals surface area contributed by atoms with Crippen LogP contribution in [0.25, 0.3) is 11.3 Å². The van der Waals surface area contributed by atoms with E-state index in [0.717, 1.165) is 29.8 Å². The fourth-order valence-corrected chi connectivity index (χ4v) is 4.25. The van der Waals surface area contributed by atoms with Gasteiger partial charge in [-0.3, -0.25) is 9.59 Å². The van der Waals surface area contributed by atoms with Crippen molar-refractivity contribution in [2.75, 3.05) is 38.3 Å². The lowest BCUT2D eigenvalue weighted by Gasteiger charge is -2.26. The quantitative estimate of drug-likeness (QED) is 0.234. The topological polar surface area (TPSA) is 132 Å². The van der Waals surface area contributed by atoms with E-state index < -0.39 is 0 Å². The van der Waals surface area contributed by atoms with Crippen LogP contribution in [0.1, 0.15) is 53.0 Å². The summed E-state index contributed by atoms with van der Waals surface area (Å²) in [5, 5.41) is 9.06. The Labute approximate surface area is 229 Å². The summed E-state index contributed by atoms with van der Waals surface area (Å²) in [5.41, 5.74) is 11.3. The van der Waals surface area contributed by atoms with Crippen LogP contribution in [0.3, 0.4) is 0 Å². The molecule has 208 valence electrons. The van der Waals surface area contributed by atoms with E-state index in [1.54, 1.807) is 12.3 Å². The summed E-state index contributed by atoms with van der Waals surface area (Å²) in [7, 11) is 0. The third-order valence-corrected chi connectivity index (χ3v) is 6.62. The monoisotopic (exact) mass is 534 g/mol. The molecular formula is C29H38N6O4. The maximum Gasteiger partial charge on any atom is 0.259 e. The van der Waals surface area contributed by atoms with Gasteiger partial charge in [-0.2, -0.15) is 0 Å². The molecule has 1 saturated carbocycles. The van der Waals surface area contributed by atoms with Crippen LogP contribution in [0.5, 0.6) is 0 Å². The summed E-state index contributed by atoms with van der Waals surface area (Å²) in [6.45, 7) is 6.32. The van der Waals surface area contributed by atoms with Crippen LogP contribution < -0.4 is 21.7 Å². The van der Waals surface area contributed by atoms with E-state index in [-0.39, 0.29) is 11.8 Å². The van der Waals surface area contributed by atoms with E-state index in [1.807, 2.05) is 54.8 Å². The predicted octanol–water partition coefficient (Wildman–Crippen LogP) is 3.14. The smallest absolute Gasteiger partial charge is 0.259 e. The van der Waals surface area contributed by atoms with E-state index in [1.165, 1.54) is 6.42 Å². The molecule has 4 rings (SSSR count). The molecule has 10 nitrogen and oxygen atoms in total. The van der Waals surface area contributed by atoms with Gasteiger partial charge < -0.3 is 35.6 Å². The number of hydrogen-bond acceptors (Lipinski definition) is 7. The Kier molecular flexibility index (Phi) is 9.93. The van der Waals surface area contributed by atoms with Crippen molar-refractivity contribution in [1.82, 2.24) is 20.0 Å². The lowest BCUT2D eigenvalue weighted by molar-refractivity contribution is -0.123. The predicted molar refractivity (Wildman–Crippen MR) is 151 cm³/mol. The second-order valence-electron chi connectivity index (χ2n) is 9.72. The number of aryl methyl sites for hydroxylation is 2. The van der Waals surface area contributed by atoms with Crippen LogP contribution in [0.15, 0.2) is 48.8 Å². The van der Waals surface area contributed by atoms with Gasteiger partial charge in [-0.15, -0.1) is 0 Å². The third kappa shape index (κ3) is 8.05. The molecule has 39 heavy (non-hydrogen) atoms. The number of hydrogen-bond donors (Lipinski definition) is 4. The number of rotatable bonds is 14. The Hall–Kier alpha value is -3.89. The van der Waals surface area contributed by atoms with Gasteiger partial charge in [-0.1, -0.05) is 12.1 Å². The van der Waals surface area contributed by atoms with Crippen molar-refractivity contribution in [2.45, 2.75) is 45.6 Å². The van der Waals surface area contributed by atoms with Gasteiger partial charge in [0.15, 0.2) is 0 Å². The van der Waals surface area contributed by atoms with Crippen molar-refractivity contribution in [3.8, 4) is 0 Å². The molecule has 1 aromatic carbocycles. The molecule has 0 atom stereocenters. The molecule has 0 unspecified atom stereocenters. The average molecular weight is 535 g/mol. The number of carbonyl (C=O) groups is 2. The van der Waals surface area contributed by atoms with Crippen molar-refractivity contribution in [3.63, 3.8) is 0 Å². The number of ether oxygens (including phenoxy) is 2. The lowest BCUT2D eigenvalue weighted by Crippen LogP contribution is -2.39. The molecule has 0 bridgehead atoms. The first-order valence-corrected chi connectivity index (χ1v) is 13.4. The minimum Gasteiger partial charge on any atom is -0.397 e. The molecule has 2 aromatic heterocycles. The number of anilines is 1. The largest absolute Gasteiger partial charge is 0.397 e. The normalized spacial score (nSPS) is 13.7. The summed E-state index contributed by atoms with van der Waals surface area (Å²) in [6.07, 6.45) is 7.36. The standard InChI is InChI=1S/C29H38N6O4/c1-20-18-21(2)35-13-10-25(28(35)32-20)29(37)34-24-8-6-22(7-9-24)26(30)19-31-12-15-39-17-16-38-14-11-27(36)33-23-4-3-5-23/h6-10,13,18-19,23,31H,3-5,11-12,14-17,30H2,1-2H3,(H,33,36)(H,34,37)/b26-19-. The molecule has 0 saturated heterocycles. The van der Waals surface area contributed by atoms with Crippen molar-refractivity contribution >= 4 is 28.8 Å². The molecule has 0 aliphatic heterocycles. The molecule has 5 N–H and O–H groups in total. The summed E-state index contributed by atoms with van der Waals surface area (Å²) in [4.78, 5) is 29.1. The highest BCUT2D eigenvalue weighted by Gasteiger charge is 2.19. The Morgan fingerprint density at radius 1 is 1.08 bits per heavy atom. The van der Waals surface area contributed by atoms with Crippen molar-refractivity contribution < 1.29 is 19.1 Å². The van der Waals surface area contributed by atoms with Gasteiger partial charge in [0.25, 0.3) is 5.91 Å². The van der Waals surface area contributed by atoms with Crippen molar-refractivity contribution in [1.29, 1.82) is 0 Å². The van der Waals surface area contributed by atoms with Gasteiger partial charge in [0.2, 0.25) is 5.91 Å². The Morgan fingerprint density at radius 2 is 1.82 bits per heavy atom. The maximum absolute atomic E-state index is 12.9. The van der Waals surface area contributed by atoms with Gasteiger partial charge in [0.1, 0.15) is 5.65 Å². The Bertz CT molecular complexity index is 1300. The van der Waals surface area contributed by atoms with Gasteiger partial charge >= 0.3 is 0 Å². The number of nitrogens with one attached hydrogen (secondary N) is 3. The van der Waals surface area contributed by atoms with E-state index >= 15 is 0 Å². The fraction of sp³-hybridized carbons (Fsp3) is 0.414. The second-order valence-corrected chi connectivity index (χ2v) is 9.72. The average Bonchev–Trinajstić information content (AvgIpc) is 3.32. The fourth-order valence-electron chi connectivity index (χ4n) is 4.25.